The molecule has 1 aromatic carbocycles. The normalized spacial score (nSPS) is 21.4. The molecule has 10 nitrogen and oxygen atoms in total. The second kappa shape index (κ2) is 16.7. The van der Waals surface area contributed by atoms with Crippen LogP contribution in [-0.4, -0.2) is 100 Å². The molecule has 0 aromatic heterocycles. The Hall–Kier alpha value is -3.24. The van der Waals surface area contributed by atoms with Crippen LogP contribution in [0.15, 0.2) is 42.0 Å². The van der Waals surface area contributed by atoms with Gasteiger partial charge < -0.3 is 25.5 Å². The molecule has 2 unspecified atom stereocenters. The van der Waals surface area contributed by atoms with Crippen LogP contribution in [0.2, 0.25) is 0 Å². The van der Waals surface area contributed by atoms with Crippen LogP contribution in [0.1, 0.15) is 99.1 Å². The second-order valence-corrected chi connectivity index (χ2v) is 15.0. The minimum absolute atomic E-state index is 0.0216. The maximum Gasteiger partial charge on any atom is 0.249 e. The van der Waals surface area contributed by atoms with Crippen molar-refractivity contribution in [2.45, 2.75) is 124 Å². The van der Waals surface area contributed by atoms with Gasteiger partial charge in [-0.05, 0) is 69.9 Å². The van der Waals surface area contributed by atoms with Crippen LogP contribution in [0, 0.1) is 11.3 Å². The average Bonchev–Trinajstić information content (AvgIpc) is 3.53. The lowest BCUT2D eigenvalue weighted by molar-refractivity contribution is -0.142. The van der Waals surface area contributed by atoms with Gasteiger partial charge in [0.1, 0.15) is 12.1 Å². The van der Waals surface area contributed by atoms with Crippen molar-refractivity contribution in [2.24, 2.45) is 11.3 Å². The maximum atomic E-state index is 14.2. The third-order valence-electron chi connectivity index (χ3n) is 9.66. The molecule has 2 aliphatic heterocycles. The number of carbonyl (C=O) groups is 4. The van der Waals surface area contributed by atoms with Crippen LogP contribution in [-0.2, 0) is 19.2 Å². The van der Waals surface area contributed by atoms with Crippen molar-refractivity contribution in [1.29, 1.82) is 0 Å². The molecule has 47 heavy (non-hydrogen) atoms. The lowest BCUT2D eigenvalue weighted by atomic mass is 9.84. The molecule has 262 valence electrons. The summed E-state index contributed by atoms with van der Waals surface area (Å²) >= 11 is 0. The number of benzene rings is 1. The Balaban J connectivity index is 1.77. The predicted octanol–water partition coefficient (Wildman–Crippen LogP) is 4.05. The Morgan fingerprint density at radius 3 is 2.13 bits per heavy atom. The first-order valence-electron chi connectivity index (χ1n) is 17.4. The molecule has 1 aromatic rings. The fraction of sp³-hybridized carbons (Fsp3) is 0.676. The third-order valence-corrected chi connectivity index (χ3v) is 9.66. The molecule has 3 rings (SSSR count). The van der Waals surface area contributed by atoms with Crippen molar-refractivity contribution in [3.8, 4) is 0 Å². The maximum absolute atomic E-state index is 14.2. The summed E-state index contributed by atoms with van der Waals surface area (Å²) in [7, 11) is 1.73. The lowest BCUT2D eigenvalue weighted by Gasteiger charge is -2.41. The van der Waals surface area contributed by atoms with Gasteiger partial charge in [0, 0.05) is 25.2 Å². The number of aliphatic hydroxyl groups is 1. The summed E-state index contributed by atoms with van der Waals surface area (Å²) in [5, 5.41) is 16.0. The molecule has 3 N–H and O–H groups in total. The van der Waals surface area contributed by atoms with Crippen LogP contribution < -0.4 is 10.6 Å². The summed E-state index contributed by atoms with van der Waals surface area (Å²) in [6, 6.07) is 6.86. The van der Waals surface area contributed by atoms with E-state index in [0.29, 0.717) is 25.0 Å². The molecule has 4 amide bonds. The number of amides is 4. The minimum Gasteiger partial charge on any atom is -0.394 e. The zero-order valence-electron chi connectivity index (χ0n) is 30.1. The van der Waals surface area contributed by atoms with Gasteiger partial charge in [0.15, 0.2) is 0 Å². The van der Waals surface area contributed by atoms with Gasteiger partial charge in [0.05, 0.1) is 24.7 Å². The second-order valence-electron chi connectivity index (χ2n) is 15.0. The zero-order chi connectivity index (χ0) is 35.1. The Labute approximate surface area is 282 Å². The molecule has 2 fully saturated rings. The Morgan fingerprint density at radius 2 is 1.55 bits per heavy atom. The van der Waals surface area contributed by atoms with E-state index in [1.165, 1.54) is 0 Å². The molecule has 0 saturated carbocycles. The number of piperidine rings is 1. The number of rotatable bonds is 12. The molecular weight excluding hydrogens is 594 g/mol. The highest BCUT2D eigenvalue weighted by molar-refractivity contribution is 5.97. The van der Waals surface area contributed by atoms with Crippen molar-refractivity contribution < 1.29 is 24.3 Å². The highest BCUT2D eigenvalue weighted by Crippen LogP contribution is 2.27. The zero-order valence-corrected chi connectivity index (χ0v) is 30.1. The van der Waals surface area contributed by atoms with E-state index < -0.39 is 29.6 Å². The summed E-state index contributed by atoms with van der Waals surface area (Å²) in [6.07, 6.45) is 5.87. The number of carbonyl (C=O) groups excluding carboxylic acids is 4. The van der Waals surface area contributed by atoms with Gasteiger partial charge in [-0.3, -0.25) is 24.1 Å². The van der Waals surface area contributed by atoms with Crippen LogP contribution in [0.25, 0.3) is 0 Å². The average molecular weight is 654 g/mol. The number of nitrogens with one attached hydrogen (secondary N) is 2. The van der Waals surface area contributed by atoms with E-state index in [9.17, 15) is 24.3 Å². The largest absolute Gasteiger partial charge is 0.394 e. The topological polar surface area (TPSA) is 122 Å². The van der Waals surface area contributed by atoms with Crippen molar-refractivity contribution in [3.63, 3.8) is 0 Å². The van der Waals surface area contributed by atoms with E-state index in [1.807, 2.05) is 71.0 Å². The highest BCUT2D eigenvalue weighted by Gasteiger charge is 2.40. The molecule has 5 atom stereocenters. The molecule has 0 bridgehead atoms. The fourth-order valence-electron chi connectivity index (χ4n) is 6.87. The molecule has 2 heterocycles. The number of nitrogens with zero attached hydrogens (tertiary/aromatic N) is 3. The van der Waals surface area contributed by atoms with E-state index in [-0.39, 0.29) is 48.2 Å². The van der Waals surface area contributed by atoms with Crippen LogP contribution in [0.3, 0.4) is 0 Å². The standard InChI is InChI=1S/C37H59N5O5/c1-24(2)31(40(9)36(47)32(37(6,7)8)39-34(45)29-18-13-14-20-41(29)25(3)4)22-26(5)35(46)42-21-15-19-30(42)33(44)38-28(23-43)27-16-11-10-12-17-27/h10-12,16-17,22,24-25,28-32,43H,13-15,18-21,23H2,1-9H3,(H,38,44)(H,39,45)/b26-22+/t28-,29+,30?,31+,32?/m0/s1. The molecule has 2 saturated heterocycles. The summed E-state index contributed by atoms with van der Waals surface area (Å²) in [6.45, 7) is 16.9. The molecule has 2 aliphatic rings. The van der Waals surface area contributed by atoms with Crippen molar-refractivity contribution in [3.05, 3.63) is 47.5 Å². The number of aliphatic hydroxyl groups excluding tert-OH is 1. The number of hydrogen-bond acceptors (Lipinski definition) is 6. The first-order chi connectivity index (χ1) is 22.1. The lowest BCUT2D eigenvalue weighted by Crippen LogP contribution is -2.60. The summed E-state index contributed by atoms with van der Waals surface area (Å²) in [5.41, 5.74) is 0.705. The van der Waals surface area contributed by atoms with Gasteiger partial charge in [0.25, 0.3) is 0 Å². The van der Waals surface area contributed by atoms with Crippen molar-refractivity contribution in [1.82, 2.24) is 25.3 Å². The van der Waals surface area contributed by atoms with Gasteiger partial charge >= 0.3 is 0 Å². The van der Waals surface area contributed by atoms with E-state index >= 15 is 0 Å². The summed E-state index contributed by atoms with van der Waals surface area (Å²) < 4.78 is 0. The Morgan fingerprint density at radius 1 is 0.936 bits per heavy atom. The van der Waals surface area contributed by atoms with Crippen LogP contribution in [0.5, 0.6) is 0 Å². The first kappa shape index (κ1) is 38.2. The molecule has 0 radical (unpaired) electrons. The Bertz CT molecular complexity index is 1260. The number of hydrogen-bond donors (Lipinski definition) is 3. The van der Waals surface area contributed by atoms with Crippen LogP contribution in [0.4, 0.5) is 0 Å². The Kier molecular flexibility index (Phi) is 13.6. The van der Waals surface area contributed by atoms with Crippen molar-refractivity contribution in [2.75, 3.05) is 26.7 Å². The number of likely N-dealkylation sites (tertiary alicyclic amines) is 2. The van der Waals surface area contributed by atoms with Gasteiger partial charge in [-0.2, -0.15) is 0 Å². The summed E-state index contributed by atoms with van der Waals surface area (Å²) in [5.74, 6) is -0.885. The minimum atomic E-state index is -0.752. The fourth-order valence-corrected chi connectivity index (χ4v) is 6.87. The van der Waals surface area contributed by atoms with Gasteiger partial charge in [-0.15, -0.1) is 0 Å². The molecular formula is C37H59N5O5. The van der Waals surface area contributed by atoms with Gasteiger partial charge in [-0.1, -0.05) is 77.4 Å². The van der Waals surface area contributed by atoms with E-state index in [1.54, 1.807) is 23.8 Å². The van der Waals surface area contributed by atoms with Crippen molar-refractivity contribution >= 4 is 23.6 Å². The quantitative estimate of drug-likeness (QED) is 0.293. The van der Waals surface area contributed by atoms with Crippen LogP contribution >= 0.6 is 0 Å². The SMILES string of the molecule is C/C(=C\[C@H](C(C)C)N(C)C(=O)C(NC(=O)[C@H]1CCCCN1C(C)C)C(C)(C)C)C(=O)N1CCCC1C(=O)N[C@@H](CO)c1ccccc1. The van der Waals surface area contributed by atoms with E-state index in [0.717, 1.165) is 31.4 Å². The molecule has 10 heteroatoms. The first-order valence-corrected chi connectivity index (χ1v) is 17.4. The highest BCUT2D eigenvalue weighted by atomic mass is 16.3. The smallest absolute Gasteiger partial charge is 0.249 e. The molecule has 0 spiro atoms. The van der Waals surface area contributed by atoms with E-state index in [2.05, 4.69) is 29.4 Å². The van der Waals surface area contributed by atoms with Gasteiger partial charge in [0.2, 0.25) is 23.6 Å². The third kappa shape index (κ3) is 9.66. The van der Waals surface area contributed by atoms with Gasteiger partial charge in [-0.25, -0.2) is 0 Å². The number of likely N-dealkylation sites (N-methyl/N-ethyl adjacent to an activating group) is 1. The predicted molar refractivity (Wildman–Crippen MR) is 185 cm³/mol. The molecule has 0 aliphatic carbocycles. The van der Waals surface area contributed by atoms with E-state index in [4.69, 9.17) is 0 Å². The monoisotopic (exact) mass is 653 g/mol. The summed E-state index contributed by atoms with van der Waals surface area (Å²) in [4.78, 5) is 60.4.